The predicted octanol–water partition coefficient (Wildman–Crippen LogP) is 15.4. The van der Waals surface area contributed by atoms with Crippen molar-refractivity contribution in [1.82, 2.24) is 19.5 Å². The summed E-state index contributed by atoms with van der Waals surface area (Å²) in [5.41, 5.74) is 13.8. The molecular weight excluding hydrogens is 777 g/mol. The van der Waals surface area contributed by atoms with Gasteiger partial charge in [-0.1, -0.05) is 208 Å². The molecule has 1 aliphatic rings. The maximum atomic E-state index is 5.47. The summed E-state index contributed by atoms with van der Waals surface area (Å²) in [5.74, 6) is 1.81. The third-order valence-corrected chi connectivity index (χ3v) is 13.6. The van der Waals surface area contributed by atoms with E-state index in [0.717, 1.165) is 65.8 Å². The van der Waals surface area contributed by atoms with E-state index >= 15 is 0 Å². The van der Waals surface area contributed by atoms with Crippen molar-refractivity contribution in [2.45, 2.75) is 19.3 Å². The minimum absolute atomic E-state index is 0.132. The molecule has 13 rings (SSSR count). The Hall–Kier alpha value is -8.21. The molecule has 300 valence electrons. The van der Waals surface area contributed by atoms with E-state index in [2.05, 4.69) is 219 Å². The molecule has 0 amide bonds. The van der Waals surface area contributed by atoms with Gasteiger partial charge in [0.05, 0.1) is 11.0 Å². The summed E-state index contributed by atoms with van der Waals surface area (Å²) >= 11 is 0. The van der Waals surface area contributed by atoms with E-state index in [-0.39, 0.29) is 5.41 Å². The normalized spacial score (nSPS) is 13.0. The fourth-order valence-electron chi connectivity index (χ4n) is 10.4. The molecule has 2 heterocycles. The molecule has 12 aromatic rings. The van der Waals surface area contributed by atoms with E-state index in [1.54, 1.807) is 0 Å². The Kier molecular flexibility index (Phi) is 7.92. The third-order valence-electron chi connectivity index (χ3n) is 13.6. The predicted molar refractivity (Wildman–Crippen MR) is 266 cm³/mol. The van der Waals surface area contributed by atoms with Gasteiger partial charge >= 0.3 is 0 Å². The maximum absolute atomic E-state index is 5.47. The maximum Gasteiger partial charge on any atom is 0.238 e. The van der Waals surface area contributed by atoms with Crippen molar-refractivity contribution in [2.75, 3.05) is 0 Å². The number of benzene rings is 10. The highest BCUT2D eigenvalue weighted by Gasteiger charge is 2.36. The van der Waals surface area contributed by atoms with Crippen molar-refractivity contribution >= 4 is 54.1 Å². The molecular formula is C60H40N4. The van der Waals surface area contributed by atoms with Crippen LogP contribution in [0.4, 0.5) is 0 Å². The van der Waals surface area contributed by atoms with Crippen LogP contribution in [0, 0.1) is 0 Å². The summed E-state index contributed by atoms with van der Waals surface area (Å²) in [6, 6.07) is 74.4. The second-order valence-electron chi connectivity index (χ2n) is 17.6. The first-order valence-electron chi connectivity index (χ1n) is 22.0. The molecule has 0 saturated carbocycles. The molecule has 10 aromatic carbocycles. The molecule has 1 aliphatic carbocycles. The molecule has 0 bridgehead atoms. The lowest BCUT2D eigenvalue weighted by molar-refractivity contribution is 0.661. The van der Waals surface area contributed by atoms with Crippen LogP contribution in [0.5, 0.6) is 0 Å². The lowest BCUT2D eigenvalue weighted by atomic mass is 9.82. The molecule has 64 heavy (non-hydrogen) atoms. The average molecular weight is 817 g/mol. The smallest absolute Gasteiger partial charge is 0.238 e. The first-order chi connectivity index (χ1) is 31.5. The van der Waals surface area contributed by atoms with Crippen molar-refractivity contribution in [3.8, 4) is 62.1 Å². The van der Waals surface area contributed by atoms with Crippen LogP contribution in [-0.4, -0.2) is 19.5 Å². The van der Waals surface area contributed by atoms with Crippen molar-refractivity contribution in [3.63, 3.8) is 0 Å². The largest absolute Gasteiger partial charge is 0.277 e. The molecule has 0 fully saturated rings. The van der Waals surface area contributed by atoms with E-state index in [1.165, 1.54) is 44.0 Å². The Bertz CT molecular complexity index is 3860. The lowest BCUT2D eigenvalue weighted by Gasteiger charge is -2.21. The second kappa shape index (κ2) is 13.9. The number of rotatable bonds is 5. The van der Waals surface area contributed by atoms with E-state index in [9.17, 15) is 0 Å². The molecule has 0 N–H and O–H groups in total. The molecule has 4 nitrogen and oxygen atoms in total. The zero-order chi connectivity index (χ0) is 42.5. The summed E-state index contributed by atoms with van der Waals surface area (Å²) in [6.07, 6.45) is 0. The van der Waals surface area contributed by atoms with Gasteiger partial charge in [-0.25, -0.2) is 4.98 Å². The number of para-hydroxylation sites is 1. The van der Waals surface area contributed by atoms with Gasteiger partial charge in [0, 0.05) is 38.3 Å². The van der Waals surface area contributed by atoms with Gasteiger partial charge < -0.3 is 0 Å². The molecule has 0 aliphatic heterocycles. The van der Waals surface area contributed by atoms with Gasteiger partial charge in [-0.3, -0.25) is 4.57 Å². The SMILES string of the molecule is CC1(C)c2ccc(-c3cccc4c5ccc6ccccc6c5n(-c5nc(-c6ccc(-c7ccccc7)cc6)nc(-c6ccc7ccccc7c6)n5)c34)cc2-c2c1ccc1ccccc21. The number of fused-ring (bicyclic) bond motifs is 11. The van der Waals surface area contributed by atoms with Gasteiger partial charge in [-0.05, 0) is 78.0 Å². The number of nitrogens with zero attached hydrogens (tertiary/aromatic N) is 4. The van der Waals surface area contributed by atoms with Crippen LogP contribution in [-0.2, 0) is 5.41 Å². The summed E-state index contributed by atoms with van der Waals surface area (Å²) in [5, 5.41) is 9.44. The first kappa shape index (κ1) is 36.4. The Balaban J connectivity index is 1.10. The number of aromatic nitrogens is 4. The molecule has 0 saturated heterocycles. The number of hydrogen-bond acceptors (Lipinski definition) is 3. The van der Waals surface area contributed by atoms with Crippen molar-refractivity contribution < 1.29 is 0 Å². The second-order valence-corrected chi connectivity index (χ2v) is 17.6. The quantitative estimate of drug-likeness (QED) is 0.174. The molecule has 2 aromatic heterocycles. The minimum atomic E-state index is -0.132. The van der Waals surface area contributed by atoms with Crippen LogP contribution < -0.4 is 0 Å². The monoisotopic (exact) mass is 816 g/mol. The fourth-order valence-corrected chi connectivity index (χ4v) is 10.4. The zero-order valence-electron chi connectivity index (χ0n) is 35.4. The van der Waals surface area contributed by atoms with Crippen LogP contribution in [0.3, 0.4) is 0 Å². The van der Waals surface area contributed by atoms with Crippen molar-refractivity contribution in [2.24, 2.45) is 0 Å². The highest BCUT2D eigenvalue weighted by molar-refractivity contribution is 6.21. The van der Waals surface area contributed by atoms with Crippen LogP contribution in [0.1, 0.15) is 25.0 Å². The van der Waals surface area contributed by atoms with Crippen molar-refractivity contribution in [3.05, 3.63) is 217 Å². The van der Waals surface area contributed by atoms with E-state index < -0.39 is 0 Å². The highest BCUT2D eigenvalue weighted by Crippen LogP contribution is 2.53. The van der Waals surface area contributed by atoms with E-state index in [4.69, 9.17) is 15.0 Å². The Morgan fingerprint density at radius 3 is 1.72 bits per heavy atom. The number of hydrogen-bond donors (Lipinski definition) is 0. The summed E-state index contributed by atoms with van der Waals surface area (Å²) < 4.78 is 2.32. The van der Waals surface area contributed by atoms with Gasteiger partial charge in [-0.15, -0.1) is 0 Å². The standard InChI is InChI=1S/C60H40N4/c1-60(2)52-33-31-44(36-51(52)54-46-19-10-8-16-40(46)30-34-53(54)60)48-21-12-22-49-50-32-29-41-17-9-11-20-47(41)55(50)64(56(48)49)59-62-57(42-26-23-39(24-27-42)37-13-4-3-5-14-37)61-58(63-59)45-28-25-38-15-6-7-18-43(38)35-45/h3-36H,1-2H3. The highest BCUT2D eigenvalue weighted by atomic mass is 15.2. The van der Waals surface area contributed by atoms with Crippen molar-refractivity contribution in [1.29, 1.82) is 0 Å². The van der Waals surface area contributed by atoms with Gasteiger partial charge in [0.25, 0.3) is 0 Å². The van der Waals surface area contributed by atoms with E-state index in [1.807, 2.05) is 6.07 Å². The van der Waals surface area contributed by atoms with E-state index in [0.29, 0.717) is 17.6 Å². The van der Waals surface area contributed by atoms with Gasteiger partial charge in [0.1, 0.15) is 0 Å². The Morgan fingerprint density at radius 2 is 0.906 bits per heavy atom. The zero-order valence-corrected chi connectivity index (χ0v) is 35.4. The topological polar surface area (TPSA) is 43.6 Å². The molecule has 0 spiro atoms. The molecule has 0 unspecified atom stereocenters. The lowest BCUT2D eigenvalue weighted by Crippen LogP contribution is -2.14. The summed E-state index contributed by atoms with van der Waals surface area (Å²) in [4.78, 5) is 16.2. The van der Waals surface area contributed by atoms with Gasteiger partial charge in [0.2, 0.25) is 5.95 Å². The van der Waals surface area contributed by atoms with Crippen LogP contribution >= 0.6 is 0 Å². The molecule has 4 heteroatoms. The fraction of sp³-hybridized carbons (Fsp3) is 0.0500. The van der Waals surface area contributed by atoms with Gasteiger partial charge in [-0.2, -0.15) is 9.97 Å². The summed E-state index contributed by atoms with van der Waals surface area (Å²) in [7, 11) is 0. The minimum Gasteiger partial charge on any atom is -0.277 e. The van der Waals surface area contributed by atoms with Crippen LogP contribution in [0.2, 0.25) is 0 Å². The molecule has 0 atom stereocenters. The Labute approximate surface area is 370 Å². The van der Waals surface area contributed by atoms with Gasteiger partial charge in [0.15, 0.2) is 11.6 Å². The van der Waals surface area contributed by atoms with Crippen LogP contribution in [0.25, 0.3) is 116 Å². The third kappa shape index (κ3) is 5.52. The molecule has 0 radical (unpaired) electrons. The average Bonchev–Trinajstić information content (AvgIpc) is 3.82. The summed E-state index contributed by atoms with van der Waals surface area (Å²) in [6.45, 7) is 4.72. The van der Waals surface area contributed by atoms with Crippen LogP contribution in [0.15, 0.2) is 206 Å². The Morgan fingerprint density at radius 1 is 0.344 bits per heavy atom. The first-order valence-corrected chi connectivity index (χ1v) is 22.0.